The number of methoxy groups -OCH3 is 1. The highest BCUT2D eigenvalue weighted by Crippen LogP contribution is 2.20. The molecule has 100 valence electrons. The third kappa shape index (κ3) is 2.14. The van der Waals surface area contributed by atoms with Gasteiger partial charge < -0.3 is 4.74 Å². The average molecular weight is 267 g/mol. The fourth-order valence-corrected chi connectivity index (χ4v) is 2.16. The summed E-state index contributed by atoms with van der Waals surface area (Å²) in [7, 11) is 1.64. The molecule has 5 nitrogen and oxygen atoms in total. The van der Waals surface area contributed by atoms with E-state index in [9.17, 15) is 4.79 Å². The Labute approximate surface area is 115 Å². The van der Waals surface area contributed by atoms with Gasteiger partial charge in [-0.2, -0.15) is 0 Å². The molecule has 0 atom stereocenters. The van der Waals surface area contributed by atoms with Crippen LogP contribution < -0.4 is 4.74 Å². The fraction of sp³-hybridized carbons (Fsp3) is 0.133. The number of ether oxygens (including phenoxy) is 1. The van der Waals surface area contributed by atoms with E-state index in [0.717, 1.165) is 29.1 Å². The van der Waals surface area contributed by atoms with Crippen LogP contribution >= 0.6 is 0 Å². The number of benzene rings is 1. The summed E-state index contributed by atoms with van der Waals surface area (Å²) in [5.74, 6) is 1.59. The first-order valence-corrected chi connectivity index (χ1v) is 6.22. The van der Waals surface area contributed by atoms with Gasteiger partial charge in [-0.1, -0.05) is 18.2 Å². The molecule has 0 aliphatic carbocycles. The maximum absolute atomic E-state index is 10.9. The summed E-state index contributed by atoms with van der Waals surface area (Å²) in [6.07, 6.45) is 3.15. The van der Waals surface area contributed by atoms with Crippen molar-refractivity contribution in [1.29, 1.82) is 0 Å². The van der Waals surface area contributed by atoms with Gasteiger partial charge in [0.1, 0.15) is 11.6 Å². The molecule has 5 heteroatoms. The summed E-state index contributed by atoms with van der Waals surface area (Å²) in [4.78, 5) is 10.9. The molecule has 0 saturated heterocycles. The van der Waals surface area contributed by atoms with Gasteiger partial charge in [-0.05, 0) is 18.2 Å². The van der Waals surface area contributed by atoms with Crippen LogP contribution in [-0.4, -0.2) is 28.0 Å². The lowest BCUT2D eigenvalue weighted by Gasteiger charge is -2.07. The molecule has 2 aromatic heterocycles. The first-order valence-electron chi connectivity index (χ1n) is 6.22. The SMILES string of the molecule is COc1ccccc1Cc1nnc2ccc(C=O)cn12. The smallest absolute Gasteiger partial charge is 0.160 e. The standard InChI is InChI=1S/C15H13N3O2/c1-20-13-5-3-2-4-12(13)8-15-17-16-14-7-6-11(10-19)9-18(14)15/h2-7,9-10H,8H2,1H3. The van der Waals surface area contributed by atoms with Crippen LogP contribution in [0.15, 0.2) is 42.6 Å². The van der Waals surface area contributed by atoms with Gasteiger partial charge in [-0.25, -0.2) is 0 Å². The number of fused-ring (bicyclic) bond motifs is 1. The van der Waals surface area contributed by atoms with E-state index in [-0.39, 0.29) is 0 Å². The fourth-order valence-electron chi connectivity index (χ4n) is 2.16. The van der Waals surface area contributed by atoms with Crippen molar-refractivity contribution in [2.45, 2.75) is 6.42 Å². The average Bonchev–Trinajstić information content (AvgIpc) is 2.90. The number of aromatic nitrogens is 3. The number of carbonyl (C=O) groups excluding carboxylic acids is 1. The Morgan fingerprint density at radius 3 is 2.85 bits per heavy atom. The van der Waals surface area contributed by atoms with Crippen LogP contribution in [0.25, 0.3) is 5.65 Å². The van der Waals surface area contributed by atoms with Gasteiger partial charge in [0.05, 0.1) is 7.11 Å². The molecule has 3 aromatic rings. The number of rotatable bonds is 4. The Hall–Kier alpha value is -2.69. The molecular weight excluding hydrogens is 254 g/mol. The molecular formula is C15H13N3O2. The molecule has 0 spiro atoms. The molecule has 20 heavy (non-hydrogen) atoms. The van der Waals surface area contributed by atoms with Crippen molar-refractivity contribution in [2.24, 2.45) is 0 Å². The first-order chi connectivity index (χ1) is 9.81. The van der Waals surface area contributed by atoms with E-state index in [1.54, 1.807) is 25.4 Å². The van der Waals surface area contributed by atoms with Gasteiger partial charge in [0.2, 0.25) is 0 Å². The lowest BCUT2D eigenvalue weighted by molar-refractivity contribution is 0.112. The van der Waals surface area contributed by atoms with Crippen molar-refractivity contribution < 1.29 is 9.53 Å². The van der Waals surface area contributed by atoms with Crippen LogP contribution in [0, 0.1) is 0 Å². The molecule has 1 aromatic carbocycles. The highest BCUT2D eigenvalue weighted by molar-refractivity contribution is 5.74. The van der Waals surface area contributed by atoms with Gasteiger partial charge in [-0.3, -0.25) is 9.20 Å². The molecule has 0 aliphatic rings. The van der Waals surface area contributed by atoms with Gasteiger partial charge in [0.15, 0.2) is 11.9 Å². The Balaban J connectivity index is 2.04. The maximum atomic E-state index is 10.9. The number of hydrogen-bond acceptors (Lipinski definition) is 4. The number of nitrogens with zero attached hydrogens (tertiary/aromatic N) is 3. The second kappa shape index (κ2) is 5.13. The van der Waals surface area contributed by atoms with E-state index in [1.807, 2.05) is 28.7 Å². The number of aldehydes is 1. The van der Waals surface area contributed by atoms with Crippen LogP contribution in [0.3, 0.4) is 0 Å². The molecule has 0 amide bonds. The number of carbonyl (C=O) groups is 1. The Bertz CT molecular complexity index is 765. The minimum atomic E-state index is 0.591. The van der Waals surface area contributed by atoms with Gasteiger partial charge in [-0.15, -0.1) is 10.2 Å². The minimum Gasteiger partial charge on any atom is -0.496 e. The quantitative estimate of drug-likeness (QED) is 0.680. The third-order valence-corrected chi connectivity index (χ3v) is 3.17. The summed E-state index contributed by atoms with van der Waals surface area (Å²) < 4.78 is 7.17. The lowest BCUT2D eigenvalue weighted by Crippen LogP contribution is -1.99. The van der Waals surface area contributed by atoms with Gasteiger partial charge in [0.25, 0.3) is 0 Å². The number of para-hydroxylation sites is 1. The van der Waals surface area contributed by atoms with E-state index < -0.39 is 0 Å². The van der Waals surface area contributed by atoms with Crippen LogP contribution in [-0.2, 0) is 6.42 Å². The van der Waals surface area contributed by atoms with Crippen LogP contribution in [0.4, 0.5) is 0 Å². The molecule has 2 heterocycles. The third-order valence-electron chi connectivity index (χ3n) is 3.17. The summed E-state index contributed by atoms with van der Waals surface area (Å²) in [6.45, 7) is 0. The van der Waals surface area contributed by atoms with E-state index in [4.69, 9.17) is 4.74 Å². The normalized spacial score (nSPS) is 10.7. The molecule has 0 saturated carbocycles. The molecule has 0 bridgehead atoms. The van der Waals surface area contributed by atoms with Gasteiger partial charge in [0, 0.05) is 23.7 Å². The summed E-state index contributed by atoms with van der Waals surface area (Å²) in [5.41, 5.74) is 2.35. The number of pyridine rings is 1. The van der Waals surface area contributed by atoms with Crippen LogP contribution in [0.1, 0.15) is 21.7 Å². The topological polar surface area (TPSA) is 56.5 Å². The summed E-state index contributed by atoms with van der Waals surface area (Å²) >= 11 is 0. The number of hydrogen-bond donors (Lipinski definition) is 0. The second-order valence-electron chi connectivity index (χ2n) is 4.41. The second-order valence-corrected chi connectivity index (χ2v) is 4.41. The minimum absolute atomic E-state index is 0.591. The van der Waals surface area contributed by atoms with Crippen molar-refractivity contribution in [2.75, 3.05) is 7.11 Å². The van der Waals surface area contributed by atoms with Crippen molar-refractivity contribution >= 4 is 11.9 Å². The maximum Gasteiger partial charge on any atom is 0.160 e. The predicted molar refractivity (Wildman–Crippen MR) is 74.2 cm³/mol. The summed E-state index contributed by atoms with van der Waals surface area (Å²) in [6, 6.07) is 11.3. The lowest BCUT2D eigenvalue weighted by atomic mass is 10.1. The zero-order chi connectivity index (χ0) is 13.9. The zero-order valence-electron chi connectivity index (χ0n) is 11.0. The summed E-state index contributed by atoms with van der Waals surface area (Å²) in [5, 5.41) is 8.28. The molecule has 0 radical (unpaired) electrons. The van der Waals surface area contributed by atoms with Gasteiger partial charge >= 0.3 is 0 Å². The van der Waals surface area contributed by atoms with Crippen LogP contribution in [0.5, 0.6) is 5.75 Å². The monoisotopic (exact) mass is 267 g/mol. The van der Waals surface area contributed by atoms with Crippen LogP contribution in [0.2, 0.25) is 0 Å². The van der Waals surface area contributed by atoms with Crippen molar-refractivity contribution in [3.05, 3.63) is 59.5 Å². The highest BCUT2D eigenvalue weighted by atomic mass is 16.5. The van der Waals surface area contributed by atoms with E-state index >= 15 is 0 Å². The van der Waals surface area contributed by atoms with Crippen molar-refractivity contribution in [3.63, 3.8) is 0 Å². The Kier molecular flexibility index (Phi) is 3.16. The van der Waals surface area contributed by atoms with Crippen molar-refractivity contribution in [1.82, 2.24) is 14.6 Å². The molecule has 3 rings (SSSR count). The zero-order valence-corrected chi connectivity index (χ0v) is 11.0. The largest absolute Gasteiger partial charge is 0.496 e. The Morgan fingerprint density at radius 2 is 2.05 bits per heavy atom. The molecule has 0 unspecified atom stereocenters. The van der Waals surface area contributed by atoms with E-state index in [0.29, 0.717) is 12.0 Å². The highest BCUT2D eigenvalue weighted by Gasteiger charge is 2.09. The molecule has 0 aliphatic heterocycles. The van der Waals surface area contributed by atoms with Crippen molar-refractivity contribution in [3.8, 4) is 5.75 Å². The first kappa shape index (κ1) is 12.3. The molecule has 0 fully saturated rings. The van der Waals surface area contributed by atoms with E-state index in [2.05, 4.69) is 10.2 Å². The van der Waals surface area contributed by atoms with E-state index in [1.165, 1.54) is 0 Å². The molecule has 0 N–H and O–H groups in total. The Morgan fingerprint density at radius 1 is 1.20 bits per heavy atom. The predicted octanol–water partition coefficient (Wildman–Crippen LogP) is 2.14.